The van der Waals surface area contributed by atoms with Gasteiger partial charge in [-0.1, -0.05) is 0 Å². The van der Waals surface area contributed by atoms with Gasteiger partial charge in [-0.2, -0.15) is 0 Å². The lowest BCUT2D eigenvalue weighted by Gasteiger charge is -2.30. The Morgan fingerprint density at radius 1 is 1.32 bits per heavy atom. The number of nitrogens with one attached hydrogen (secondary N) is 1. The molecule has 2 aliphatic rings. The highest BCUT2D eigenvalue weighted by molar-refractivity contribution is 5.98. The van der Waals surface area contributed by atoms with Crippen molar-refractivity contribution in [2.75, 3.05) is 33.4 Å². The minimum absolute atomic E-state index is 0.250. The average molecular weight is 300 g/mol. The van der Waals surface area contributed by atoms with E-state index in [1.54, 1.807) is 7.11 Å². The molecule has 2 heterocycles. The highest BCUT2D eigenvalue weighted by Gasteiger charge is 2.54. The van der Waals surface area contributed by atoms with Crippen molar-refractivity contribution in [3.63, 3.8) is 0 Å². The number of ether oxygens (including phenoxy) is 2. The fourth-order valence-electron chi connectivity index (χ4n) is 3.42. The first-order valence-electron chi connectivity index (χ1n) is 7.77. The van der Waals surface area contributed by atoms with Crippen LogP contribution < -0.4 is 4.74 Å². The van der Waals surface area contributed by atoms with E-state index in [-0.39, 0.29) is 11.3 Å². The Hall–Kier alpha value is -2.01. The Morgan fingerprint density at radius 3 is 2.77 bits per heavy atom. The van der Waals surface area contributed by atoms with Crippen molar-refractivity contribution in [3.05, 3.63) is 30.0 Å². The van der Waals surface area contributed by atoms with E-state index < -0.39 is 0 Å². The van der Waals surface area contributed by atoms with E-state index in [1.807, 2.05) is 29.3 Å². The molecule has 116 valence electrons. The molecule has 2 aromatic rings. The first kappa shape index (κ1) is 13.6. The van der Waals surface area contributed by atoms with Crippen LogP contribution in [0.15, 0.2) is 24.4 Å². The Bertz CT molecular complexity index is 712. The summed E-state index contributed by atoms with van der Waals surface area (Å²) in [5.41, 5.74) is 1.82. The van der Waals surface area contributed by atoms with Gasteiger partial charge in [-0.05, 0) is 36.6 Å². The number of hydrogen-bond donors (Lipinski definition) is 1. The van der Waals surface area contributed by atoms with Gasteiger partial charge in [0.05, 0.1) is 25.7 Å². The smallest absolute Gasteiger partial charge is 0.233 e. The van der Waals surface area contributed by atoms with Crippen LogP contribution in [0.1, 0.15) is 18.4 Å². The number of carbonyl (C=O) groups is 1. The molecule has 0 atom stereocenters. The molecule has 0 spiro atoms. The Morgan fingerprint density at radius 2 is 2.09 bits per heavy atom. The summed E-state index contributed by atoms with van der Waals surface area (Å²) < 4.78 is 10.7. The number of carbonyl (C=O) groups excluding carboxylic acids is 1. The van der Waals surface area contributed by atoms with Crippen LogP contribution in [0.3, 0.4) is 0 Å². The van der Waals surface area contributed by atoms with Crippen LogP contribution >= 0.6 is 0 Å². The highest BCUT2D eigenvalue weighted by atomic mass is 16.5. The van der Waals surface area contributed by atoms with Crippen LogP contribution in [0.2, 0.25) is 0 Å². The maximum atomic E-state index is 13.0. The maximum absolute atomic E-state index is 13.0. The summed E-state index contributed by atoms with van der Waals surface area (Å²) in [5.74, 6) is 1.07. The van der Waals surface area contributed by atoms with Gasteiger partial charge in [0, 0.05) is 30.2 Å². The van der Waals surface area contributed by atoms with Gasteiger partial charge in [0.25, 0.3) is 0 Å². The molecular weight excluding hydrogens is 280 g/mol. The van der Waals surface area contributed by atoms with Crippen LogP contribution in [0.5, 0.6) is 5.75 Å². The predicted octanol–water partition coefficient (Wildman–Crippen LogP) is 2.07. The highest BCUT2D eigenvalue weighted by Crippen LogP contribution is 2.52. The van der Waals surface area contributed by atoms with E-state index >= 15 is 0 Å². The molecule has 1 N–H and O–H groups in total. The van der Waals surface area contributed by atoms with Crippen LogP contribution in [0, 0.1) is 0 Å². The molecule has 1 aromatic heterocycles. The Labute approximate surface area is 129 Å². The average Bonchev–Trinajstić information content (AvgIpc) is 3.27. The zero-order valence-corrected chi connectivity index (χ0v) is 12.7. The molecule has 0 radical (unpaired) electrons. The third-order valence-electron chi connectivity index (χ3n) is 4.86. The van der Waals surface area contributed by atoms with Gasteiger partial charge < -0.3 is 19.4 Å². The van der Waals surface area contributed by atoms with E-state index in [0.29, 0.717) is 26.3 Å². The largest absolute Gasteiger partial charge is 0.497 e. The molecule has 1 saturated heterocycles. The van der Waals surface area contributed by atoms with Gasteiger partial charge in [-0.25, -0.2) is 0 Å². The topological polar surface area (TPSA) is 54.6 Å². The van der Waals surface area contributed by atoms with E-state index in [2.05, 4.69) is 4.98 Å². The van der Waals surface area contributed by atoms with E-state index in [9.17, 15) is 4.79 Å². The molecule has 2 fully saturated rings. The molecule has 0 unspecified atom stereocenters. The zero-order chi connectivity index (χ0) is 15.2. The summed E-state index contributed by atoms with van der Waals surface area (Å²) in [7, 11) is 1.67. The molecule has 5 nitrogen and oxygen atoms in total. The number of hydrogen-bond acceptors (Lipinski definition) is 3. The first-order chi connectivity index (χ1) is 10.7. The van der Waals surface area contributed by atoms with Crippen LogP contribution in [-0.4, -0.2) is 49.2 Å². The summed E-state index contributed by atoms with van der Waals surface area (Å²) >= 11 is 0. The van der Waals surface area contributed by atoms with E-state index in [4.69, 9.17) is 9.47 Å². The molecule has 1 aliphatic heterocycles. The lowest BCUT2D eigenvalue weighted by Crippen LogP contribution is -2.45. The maximum Gasteiger partial charge on any atom is 0.233 e. The Balaban J connectivity index is 1.72. The van der Waals surface area contributed by atoms with Gasteiger partial charge in [0.2, 0.25) is 5.91 Å². The van der Waals surface area contributed by atoms with Crippen molar-refractivity contribution in [2.45, 2.75) is 18.3 Å². The fraction of sp³-hybridized carbons (Fsp3) is 0.471. The predicted molar refractivity (Wildman–Crippen MR) is 83.2 cm³/mol. The normalized spacial score (nSPS) is 20.1. The Kier molecular flexibility index (Phi) is 3.11. The zero-order valence-electron chi connectivity index (χ0n) is 12.7. The van der Waals surface area contributed by atoms with E-state index in [0.717, 1.165) is 35.1 Å². The molecule has 1 aliphatic carbocycles. The monoisotopic (exact) mass is 300 g/mol. The minimum atomic E-state index is -0.345. The fourth-order valence-corrected chi connectivity index (χ4v) is 3.42. The summed E-state index contributed by atoms with van der Waals surface area (Å²) in [6, 6.07) is 5.97. The third kappa shape index (κ3) is 2.00. The van der Waals surface area contributed by atoms with Crippen LogP contribution in [0.25, 0.3) is 10.9 Å². The number of H-pyrrole nitrogens is 1. The molecular formula is C17H20N2O3. The molecule has 22 heavy (non-hydrogen) atoms. The lowest BCUT2D eigenvalue weighted by molar-refractivity contribution is -0.138. The number of benzene rings is 1. The molecule has 5 heteroatoms. The van der Waals surface area contributed by atoms with Crippen molar-refractivity contribution >= 4 is 16.8 Å². The molecule has 1 aromatic carbocycles. The molecule has 0 bridgehead atoms. The SMILES string of the molecule is COc1ccc2[nH]cc(C3(C(=O)N4CCOCC4)CC3)c2c1. The van der Waals surface area contributed by atoms with Gasteiger partial charge in [0.1, 0.15) is 5.75 Å². The number of fused-ring (bicyclic) bond motifs is 1. The number of aromatic amines is 1. The summed E-state index contributed by atoms with van der Waals surface area (Å²) in [5, 5.41) is 1.10. The number of aromatic nitrogens is 1. The van der Waals surface area contributed by atoms with Crippen molar-refractivity contribution < 1.29 is 14.3 Å². The van der Waals surface area contributed by atoms with Crippen molar-refractivity contribution in [2.24, 2.45) is 0 Å². The van der Waals surface area contributed by atoms with Gasteiger partial charge >= 0.3 is 0 Å². The van der Waals surface area contributed by atoms with Crippen molar-refractivity contribution in [1.82, 2.24) is 9.88 Å². The van der Waals surface area contributed by atoms with E-state index in [1.165, 1.54) is 0 Å². The second-order valence-electron chi connectivity index (χ2n) is 6.10. The number of rotatable bonds is 3. The molecule has 1 saturated carbocycles. The number of morpholine rings is 1. The standard InChI is InChI=1S/C17H20N2O3/c1-21-12-2-3-15-13(10-12)14(11-18-15)17(4-5-17)16(20)19-6-8-22-9-7-19/h2-3,10-11,18H,4-9H2,1H3. The minimum Gasteiger partial charge on any atom is -0.497 e. The quantitative estimate of drug-likeness (QED) is 0.944. The molecule has 4 rings (SSSR count). The van der Waals surface area contributed by atoms with Crippen LogP contribution in [0.4, 0.5) is 0 Å². The summed E-state index contributed by atoms with van der Waals surface area (Å²) in [6.45, 7) is 2.69. The summed E-state index contributed by atoms with van der Waals surface area (Å²) in [6.07, 6.45) is 3.84. The van der Waals surface area contributed by atoms with Gasteiger partial charge in [0.15, 0.2) is 0 Å². The second kappa shape index (κ2) is 5.02. The number of amides is 1. The van der Waals surface area contributed by atoms with Gasteiger partial charge in [-0.3, -0.25) is 4.79 Å². The van der Waals surface area contributed by atoms with Crippen molar-refractivity contribution in [3.8, 4) is 5.75 Å². The van der Waals surface area contributed by atoms with Gasteiger partial charge in [-0.15, -0.1) is 0 Å². The number of methoxy groups -OCH3 is 1. The second-order valence-corrected chi connectivity index (χ2v) is 6.10. The lowest BCUT2D eigenvalue weighted by atomic mass is 9.93. The van der Waals surface area contributed by atoms with Crippen LogP contribution in [-0.2, 0) is 14.9 Å². The van der Waals surface area contributed by atoms with Crippen molar-refractivity contribution in [1.29, 1.82) is 0 Å². The number of nitrogens with zero attached hydrogens (tertiary/aromatic N) is 1. The third-order valence-corrected chi connectivity index (χ3v) is 4.86. The summed E-state index contributed by atoms with van der Waals surface area (Å²) in [4.78, 5) is 18.3. The molecule has 1 amide bonds. The first-order valence-corrected chi connectivity index (χ1v) is 7.77.